The monoisotopic (exact) mass is 405 g/mol. The van der Waals surface area contributed by atoms with Crippen LogP contribution in [0.2, 0.25) is 0 Å². The number of benzene rings is 2. The SMILES string of the molecule is O=C(COC(=O)c1ccc(C2CCCCC2)cc1)Nc1nnc(-c2ccccc2)o1. The number of hydrogen-bond acceptors (Lipinski definition) is 6. The average molecular weight is 405 g/mol. The highest BCUT2D eigenvalue weighted by molar-refractivity contribution is 5.94. The van der Waals surface area contributed by atoms with E-state index in [0.29, 0.717) is 17.4 Å². The van der Waals surface area contributed by atoms with Crippen LogP contribution >= 0.6 is 0 Å². The number of carbonyl (C=O) groups excluding carboxylic acids is 2. The van der Waals surface area contributed by atoms with Crippen molar-refractivity contribution in [3.05, 3.63) is 65.7 Å². The van der Waals surface area contributed by atoms with Gasteiger partial charge < -0.3 is 9.15 Å². The molecule has 7 nitrogen and oxygen atoms in total. The molecule has 30 heavy (non-hydrogen) atoms. The zero-order valence-corrected chi connectivity index (χ0v) is 16.5. The lowest BCUT2D eigenvalue weighted by Gasteiger charge is -2.21. The second-order valence-electron chi connectivity index (χ2n) is 7.36. The maximum atomic E-state index is 12.2. The number of anilines is 1. The first-order chi connectivity index (χ1) is 14.7. The molecule has 154 valence electrons. The Hall–Kier alpha value is -3.48. The standard InChI is InChI=1S/C23H23N3O4/c27-20(24-23-26-25-21(30-23)18-9-5-2-6-10-18)15-29-22(28)19-13-11-17(12-14-19)16-7-3-1-4-8-16/h2,5-6,9-14,16H,1,3-4,7-8,15H2,(H,24,26,27). The summed E-state index contributed by atoms with van der Waals surface area (Å²) in [6.45, 7) is -0.438. The molecule has 0 unspecified atom stereocenters. The van der Waals surface area contributed by atoms with Gasteiger partial charge in [-0.1, -0.05) is 54.7 Å². The fourth-order valence-electron chi connectivity index (χ4n) is 3.67. The number of carbonyl (C=O) groups is 2. The van der Waals surface area contributed by atoms with Crippen LogP contribution in [0.5, 0.6) is 0 Å². The molecule has 4 rings (SSSR count). The first-order valence-electron chi connectivity index (χ1n) is 10.1. The van der Waals surface area contributed by atoms with Crippen molar-refractivity contribution in [2.45, 2.75) is 38.0 Å². The molecule has 1 aliphatic carbocycles. The number of nitrogens with one attached hydrogen (secondary N) is 1. The van der Waals surface area contributed by atoms with Crippen LogP contribution in [-0.2, 0) is 9.53 Å². The first-order valence-corrected chi connectivity index (χ1v) is 10.1. The number of amides is 1. The Morgan fingerprint density at radius 3 is 2.43 bits per heavy atom. The van der Waals surface area contributed by atoms with Gasteiger partial charge in [0.05, 0.1) is 5.56 Å². The third kappa shape index (κ3) is 4.92. The molecule has 2 aromatic carbocycles. The lowest BCUT2D eigenvalue weighted by atomic mass is 9.84. The second kappa shape index (κ2) is 9.35. The minimum atomic E-state index is -0.551. The molecule has 0 radical (unpaired) electrons. The summed E-state index contributed by atoms with van der Waals surface area (Å²) < 4.78 is 10.5. The highest BCUT2D eigenvalue weighted by Gasteiger charge is 2.17. The molecule has 3 aromatic rings. The summed E-state index contributed by atoms with van der Waals surface area (Å²) >= 11 is 0. The number of hydrogen-bond donors (Lipinski definition) is 1. The van der Waals surface area contributed by atoms with E-state index < -0.39 is 18.5 Å². The van der Waals surface area contributed by atoms with Gasteiger partial charge in [0.1, 0.15) is 0 Å². The third-order valence-electron chi connectivity index (χ3n) is 5.25. The minimum absolute atomic E-state index is 0.0493. The van der Waals surface area contributed by atoms with Crippen molar-refractivity contribution in [2.75, 3.05) is 11.9 Å². The third-order valence-corrected chi connectivity index (χ3v) is 5.25. The summed E-state index contributed by atoms with van der Waals surface area (Å²) in [5.41, 5.74) is 2.43. The van der Waals surface area contributed by atoms with Gasteiger partial charge in [0, 0.05) is 5.56 Å². The molecule has 0 spiro atoms. The van der Waals surface area contributed by atoms with Crippen molar-refractivity contribution in [1.82, 2.24) is 10.2 Å². The van der Waals surface area contributed by atoms with Gasteiger partial charge in [0.25, 0.3) is 5.91 Å². The van der Waals surface area contributed by atoms with Gasteiger partial charge in [-0.3, -0.25) is 10.1 Å². The number of aromatic nitrogens is 2. The Morgan fingerprint density at radius 2 is 1.70 bits per heavy atom. The quantitative estimate of drug-likeness (QED) is 0.603. The topological polar surface area (TPSA) is 94.3 Å². The fraction of sp³-hybridized carbons (Fsp3) is 0.304. The molecule has 1 amide bonds. The minimum Gasteiger partial charge on any atom is -0.452 e. The molecule has 0 bridgehead atoms. The van der Waals surface area contributed by atoms with Crippen molar-refractivity contribution in [1.29, 1.82) is 0 Å². The Kier molecular flexibility index (Phi) is 6.17. The molecule has 1 aliphatic rings. The molecule has 0 atom stereocenters. The van der Waals surface area contributed by atoms with E-state index in [4.69, 9.17) is 9.15 Å². The van der Waals surface area contributed by atoms with E-state index in [-0.39, 0.29) is 6.01 Å². The largest absolute Gasteiger partial charge is 0.452 e. The zero-order chi connectivity index (χ0) is 20.8. The second-order valence-corrected chi connectivity index (χ2v) is 7.36. The number of nitrogens with zero attached hydrogens (tertiary/aromatic N) is 2. The van der Waals surface area contributed by atoms with Crippen molar-refractivity contribution >= 4 is 17.9 Å². The van der Waals surface area contributed by atoms with Crippen LogP contribution in [0.15, 0.2) is 59.0 Å². The van der Waals surface area contributed by atoms with E-state index in [1.807, 2.05) is 42.5 Å². The predicted molar refractivity (Wildman–Crippen MR) is 111 cm³/mol. The van der Waals surface area contributed by atoms with Gasteiger partial charge in [-0.25, -0.2) is 4.79 Å². The number of ether oxygens (including phenoxy) is 1. The van der Waals surface area contributed by atoms with E-state index >= 15 is 0 Å². The van der Waals surface area contributed by atoms with Crippen LogP contribution in [-0.4, -0.2) is 28.7 Å². The Balaban J connectivity index is 1.27. The molecular formula is C23H23N3O4. The fourth-order valence-corrected chi connectivity index (χ4v) is 3.67. The van der Waals surface area contributed by atoms with Gasteiger partial charge in [-0.15, -0.1) is 5.10 Å². The smallest absolute Gasteiger partial charge is 0.338 e. The molecule has 0 aliphatic heterocycles. The summed E-state index contributed by atoms with van der Waals surface area (Å²) in [5, 5.41) is 10.1. The Bertz CT molecular complexity index is 993. The van der Waals surface area contributed by atoms with Gasteiger partial charge in [0.2, 0.25) is 5.89 Å². The maximum absolute atomic E-state index is 12.2. The van der Waals surface area contributed by atoms with E-state index in [9.17, 15) is 9.59 Å². The normalized spacial score (nSPS) is 14.3. The highest BCUT2D eigenvalue weighted by Crippen LogP contribution is 2.32. The first kappa shape index (κ1) is 19.8. The number of rotatable bonds is 6. The van der Waals surface area contributed by atoms with Gasteiger partial charge >= 0.3 is 12.0 Å². The molecule has 7 heteroatoms. The van der Waals surface area contributed by atoms with Crippen LogP contribution < -0.4 is 5.32 Å². The summed E-state index contributed by atoms with van der Waals surface area (Å²) in [5.74, 6) is -0.230. The van der Waals surface area contributed by atoms with E-state index in [1.54, 1.807) is 12.1 Å². The van der Waals surface area contributed by atoms with Crippen LogP contribution in [0.1, 0.15) is 53.9 Å². The van der Waals surface area contributed by atoms with Crippen LogP contribution in [0.4, 0.5) is 6.01 Å². The maximum Gasteiger partial charge on any atom is 0.338 e. The summed E-state index contributed by atoms with van der Waals surface area (Å²) in [4.78, 5) is 24.3. The summed E-state index contributed by atoms with van der Waals surface area (Å²) in [6.07, 6.45) is 6.23. The lowest BCUT2D eigenvalue weighted by Crippen LogP contribution is -2.21. The summed E-state index contributed by atoms with van der Waals surface area (Å²) in [6, 6.07) is 16.6. The molecule has 1 N–H and O–H groups in total. The van der Waals surface area contributed by atoms with E-state index in [0.717, 1.165) is 5.56 Å². The van der Waals surface area contributed by atoms with Crippen LogP contribution in [0.25, 0.3) is 11.5 Å². The van der Waals surface area contributed by atoms with E-state index in [2.05, 4.69) is 15.5 Å². The molecule has 1 heterocycles. The zero-order valence-electron chi connectivity index (χ0n) is 16.5. The van der Waals surface area contributed by atoms with Crippen LogP contribution in [0, 0.1) is 0 Å². The predicted octanol–water partition coefficient (Wildman–Crippen LogP) is 4.58. The molecule has 1 fully saturated rings. The van der Waals surface area contributed by atoms with Gasteiger partial charge in [-0.05, 0) is 48.6 Å². The Labute approximate surface area is 174 Å². The molecule has 1 saturated carbocycles. The Morgan fingerprint density at radius 1 is 0.967 bits per heavy atom. The van der Waals surface area contributed by atoms with Gasteiger partial charge in [-0.2, -0.15) is 0 Å². The molecule has 1 aromatic heterocycles. The van der Waals surface area contributed by atoms with Crippen molar-refractivity contribution in [3.63, 3.8) is 0 Å². The summed E-state index contributed by atoms with van der Waals surface area (Å²) in [7, 11) is 0. The van der Waals surface area contributed by atoms with Gasteiger partial charge in [0.15, 0.2) is 6.61 Å². The van der Waals surface area contributed by atoms with Crippen molar-refractivity contribution < 1.29 is 18.7 Å². The molecule has 0 saturated heterocycles. The average Bonchev–Trinajstić information content (AvgIpc) is 3.27. The van der Waals surface area contributed by atoms with Crippen LogP contribution in [0.3, 0.4) is 0 Å². The number of esters is 1. The molecular weight excluding hydrogens is 382 g/mol. The highest BCUT2D eigenvalue weighted by atomic mass is 16.5. The van der Waals surface area contributed by atoms with Crippen molar-refractivity contribution in [2.24, 2.45) is 0 Å². The van der Waals surface area contributed by atoms with Crippen molar-refractivity contribution in [3.8, 4) is 11.5 Å². The lowest BCUT2D eigenvalue weighted by molar-refractivity contribution is -0.119. The van der Waals surface area contributed by atoms with E-state index in [1.165, 1.54) is 37.7 Å².